The van der Waals surface area contributed by atoms with Gasteiger partial charge in [0.25, 0.3) is 0 Å². The fourth-order valence-corrected chi connectivity index (χ4v) is 1.58. The third-order valence-corrected chi connectivity index (χ3v) is 2.61. The highest BCUT2D eigenvalue weighted by Gasteiger charge is 2.09. The quantitative estimate of drug-likeness (QED) is 0.783. The van der Waals surface area contributed by atoms with Crippen LogP contribution in [0.4, 0.5) is 5.69 Å². The summed E-state index contributed by atoms with van der Waals surface area (Å²) in [6, 6.07) is 8.69. The van der Waals surface area contributed by atoms with Crippen LogP contribution in [0.5, 0.6) is 0 Å². The maximum atomic E-state index is 11.8. The standard InChI is InChI=1S/C14H17N3O3/c1-17(7-6-14(19)20-2)10-13(18)16-12-5-3-4-11(8-12)9-15/h3-5,8H,6-7,10H2,1-2H3,(H,16,18). The summed E-state index contributed by atoms with van der Waals surface area (Å²) in [5.74, 6) is -0.508. The Labute approximate surface area is 117 Å². The normalized spacial score (nSPS) is 9.90. The number of nitrogens with one attached hydrogen (secondary N) is 1. The highest BCUT2D eigenvalue weighted by molar-refractivity contribution is 5.92. The molecule has 1 aromatic rings. The van der Waals surface area contributed by atoms with E-state index in [1.807, 2.05) is 6.07 Å². The van der Waals surface area contributed by atoms with Crippen molar-refractivity contribution in [2.75, 3.05) is 32.6 Å². The zero-order valence-corrected chi connectivity index (χ0v) is 11.5. The first kappa shape index (κ1) is 15.7. The lowest BCUT2D eigenvalue weighted by Crippen LogP contribution is -2.31. The number of amides is 1. The first-order valence-corrected chi connectivity index (χ1v) is 6.10. The van der Waals surface area contributed by atoms with E-state index in [9.17, 15) is 9.59 Å². The van der Waals surface area contributed by atoms with Gasteiger partial charge in [-0.25, -0.2) is 0 Å². The number of esters is 1. The van der Waals surface area contributed by atoms with E-state index in [0.29, 0.717) is 17.8 Å². The number of benzene rings is 1. The van der Waals surface area contributed by atoms with Crippen molar-refractivity contribution in [3.63, 3.8) is 0 Å². The highest BCUT2D eigenvalue weighted by atomic mass is 16.5. The largest absolute Gasteiger partial charge is 0.469 e. The fourth-order valence-electron chi connectivity index (χ4n) is 1.58. The molecule has 6 heteroatoms. The smallest absolute Gasteiger partial charge is 0.306 e. The number of likely N-dealkylation sites (N-methyl/N-ethyl adjacent to an activating group) is 1. The first-order chi connectivity index (χ1) is 9.55. The Morgan fingerprint density at radius 1 is 1.45 bits per heavy atom. The second-order valence-corrected chi connectivity index (χ2v) is 4.30. The number of carbonyl (C=O) groups is 2. The Hall–Kier alpha value is -2.39. The topological polar surface area (TPSA) is 82.4 Å². The van der Waals surface area contributed by atoms with Crippen LogP contribution in [0.1, 0.15) is 12.0 Å². The minimum absolute atomic E-state index is 0.160. The van der Waals surface area contributed by atoms with E-state index in [1.54, 1.807) is 36.2 Å². The average molecular weight is 275 g/mol. The second-order valence-electron chi connectivity index (χ2n) is 4.30. The number of methoxy groups -OCH3 is 1. The molecule has 0 unspecified atom stereocenters. The zero-order valence-electron chi connectivity index (χ0n) is 11.5. The van der Waals surface area contributed by atoms with Crippen molar-refractivity contribution in [3.8, 4) is 6.07 Å². The van der Waals surface area contributed by atoms with Crippen LogP contribution in [0.2, 0.25) is 0 Å². The molecular formula is C14H17N3O3. The van der Waals surface area contributed by atoms with Gasteiger partial charge in [-0.2, -0.15) is 5.26 Å². The number of hydrogen-bond acceptors (Lipinski definition) is 5. The molecule has 0 heterocycles. The second kappa shape index (κ2) is 7.92. The van der Waals surface area contributed by atoms with Crippen molar-refractivity contribution >= 4 is 17.6 Å². The average Bonchev–Trinajstić information content (AvgIpc) is 2.44. The number of ether oxygens (including phenoxy) is 1. The first-order valence-electron chi connectivity index (χ1n) is 6.10. The van der Waals surface area contributed by atoms with Gasteiger partial charge < -0.3 is 10.1 Å². The van der Waals surface area contributed by atoms with Gasteiger partial charge in [0.05, 0.1) is 31.7 Å². The number of hydrogen-bond donors (Lipinski definition) is 1. The SMILES string of the molecule is COC(=O)CCN(C)CC(=O)Nc1cccc(C#N)c1. The summed E-state index contributed by atoms with van der Waals surface area (Å²) in [6.45, 7) is 0.603. The summed E-state index contributed by atoms with van der Waals surface area (Å²) in [4.78, 5) is 24.5. The van der Waals surface area contributed by atoms with Gasteiger partial charge in [0.15, 0.2) is 0 Å². The van der Waals surface area contributed by atoms with Gasteiger partial charge in [0.2, 0.25) is 5.91 Å². The number of rotatable bonds is 6. The van der Waals surface area contributed by atoms with E-state index >= 15 is 0 Å². The molecule has 0 saturated heterocycles. The molecule has 1 rings (SSSR count). The van der Waals surface area contributed by atoms with Crippen molar-refractivity contribution in [2.45, 2.75) is 6.42 Å². The van der Waals surface area contributed by atoms with Crippen molar-refractivity contribution in [2.24, 2.45) is 0 Å². The van der Waals surface area contributed by atoms with E-state index in [0.717, 1.165) is 0 Å². The molecule has 0 radical (unpaired) electrons. The predicted molar refractivity (Wildman–Crippen MR) is 73.9 cm³/mol. The molecular weight excluding hydrogens is 258 g/mol. The molecule has 0 bridgehead atoms. The molecule has 0 fully saturated rings. The van der Waals surface area contributed by atoms with E-state index in [-0.39, 0.29) is 24.8 Å². The van der Waals surface area contributed by atoms with Crippen molar-refractivity contribution in [1.82, 2.24) is 4.90 Å². The Morgan fingerprint density at radius 3 is 2.85 bits per heavy atom. The number of carbonyl (C=O) groups excluding carboxylic acids is 2. The molecule has 20 heavy (non-hydrogen) atoms. The summed E-state index contributed by atoms with van der Waals surface area (Å²) in [7, 11) is 3.07. The van der Waals surface area contributed by atoms with E-state index in [4.69, 9.17) is 5.26 Å². The molecule has 0 aliphatic carbocycles. The molecule has 6 nitrogen and oxygen atoms in total. The molecule has 0 aromatic heterocycles. The van der Waals surface area contributed by atoms with Crippen LogP contribution in [0, 0.1) is 11.3 Å². The van der Waals surface area contributed by atoms with E-state index < -0.39 is 0 Å². The summed E-state index contributed by atoms with van der Waals surface area (Å²) >= 11 is 0. The van der Waals surface area contributed by atoms with Gasteiger partial charge in [-0.1, -0.05) is 6.07 Å². The molecule has 0 aliphatic rings. The summed E-state index contributed by atoms with van der Waals surface area (Å²) in [5, 5.41) is 11.5. The van der Waals surface area contributed by atoms with Gasteiger partial charge in [0, 0.05) is 12.2 Å². The zero-order chi connectivity index (χ0) is 15.0. The van der Waals surface area contributed by atoms with Gasteiger partial charge >= 0.3 is 5.97 Å². The Bertz CT molecular complexity index is 523. The lowest BCUT2D eigenvalue weighted by molar-refractivity contribution is -0.141. The van der Waals surface area contributed by atoms with E-state index in [1.165, 1.54) is 7.11 Å². The number of anilines is 1. The molecule has 0 spiro atoms. The Kier molecular flexibility index (Phi) is 6.20. The number of nitriles is 1. The number of nitrogens with zero attached hydrogens (tertiary/aromatic N) is 2. The summed E-state index contributed by atoms with van der Waals surface area (Å²) < 4.78 is 4.53. The van der Waals surface area contributed by atoms with Gasteiger partial charge in [0.1, 0.15) is 0 Å². The minimum Gasteiger partial charge on any atom is -0.469 e. The van der Waals surface area contributed by atoms with Gasteiger partial charge in [-0.05, 0) is 25.2 Å². The van der Waals surface area contributed by atoms with Gasteiger partial charge in [-0.3, -0.25) is 14.5 Å². The maximum absolute atomic E-state index is 11.8. The third kappa shape index (κ3) is 5.50. The molecule has 0 saturated carbocycles. The van der Waals surface area contributed by atoms with Crippen LogP contribution in [0.15, 0.2) is 24.3 Å². The maximum Gasteiger partial charge on any atom is 0.306 e. The van der Waals surface area contributed by atoms with Crippen LogP contribution in [0.3, 0.4) is 0 Å². The van der Waals surface area contributed by atoms with Crippen LogP contribution in [0.25, 0.3) is 0 Å². The third-order valence-electron chi connectivity index (χ3n) is 2.61. The molecule has 106 valence electrons. The molecule has 0 aliphatic heterocycles. The Balaban J connectivity index is 2.43. The molecule has 1 aromatic carbocycles. The molecule has 0 atom stereocenters. The van der Waals surface area contributed by atoms with Crippen LogP contribution in [-0.4, -0.2) is 44.0 Å². The lowest BCUT2D eigenvalue weighted by Gasteiger charge is -2.15. The summed E-state index contributed by atoms with van der Waals surface area (Å²) in [5.41, 5.74) is 1.07. The highest BCUT2D eigenvalue weighted by Crippen LogP contribution is 2.09. The predicted octanol–water partition coefficient (Wildman–Crippen LogP) is 0.992. The van der Waals surface area contributed by atoms with Crippen LogP contribution >= 0.6 is 0 Å². The molecule has 1 amide bonds. The lowest BCUT2D eigenvalue weighted by atomic mass is 10.2. The fraction of sp³-hybridized carbons (Fsp3) is 0.357. The Morgan fingerprint density at radius 2 is 2.20 bits per heavy atom. The van der Waals surface area contributed by atoms with Crippen molar-refractivity contribution in [3.05, 3.63) is 29.8 Å². The van der Waals surface area contributed by atoms with Crippen molar-refractivity contribution in [1.29, 1.82) is 5.26 Å². The monoisotopic (exact) mass is 275 g/mol. The van der Waals surface area contributed by atoms with E-state index in [2.05, 4.69) is 10.1 Å². The molecule has 1 N–H and O–H groups in total. The van der Waals surface area contributed by atoms with Crippen LogP contribution < -0.4 is 5.32 Å². The van der Waals surface area contributed by atoms with Crippen LogP contribution in [-0.2, 0) is 14.3 Å². The van der Waals surface area contributed by atoms with Gasteiger partial charge in [-0.15, -0.1) is 0 Å². The van der Waals surface area contributed by atoms with Crippen molar-refractivity contribution < 1.29 is 14.3 Å². The summed E-state index contributed by atoms with van der Waals surface area (Å²) in [6.07, 6.45) is 0.240. The minimum atomic E-state index is -0.307.